The van der Waals surface area contributed by atoms with Crippen LogP contribution in [0, 0.1) is 0 Å². The Morgan fingerprint density at radius 2 is 1.90 bits per heavy atom. The SMILES string of the molecule is C[C@H](CO)Nc1nc(Nc2cccc(S(=O)(=O)NCCc3ccccc3)c2)ncc1Br. The highest BCUT2D eigenvalue weighted by Crippen LogP contribution is 2.23. The maximum atomic E-state index is 12.7. The van der Waals surface area contributed by atoms with Crippen molar-refractivity contribution in [1.29, 1.82) is 0 Å². The van der Waals surface area contributed by atoms with Crippen molar-refractivity contribution >= 4 is 43.4 Å². The lowest BCUT2D eigenvalue weighted by Crippen LogP contribution is -2.26. The Morgan fingerprint density at radius 3 is 2.65 bits per heavy atom. The molecule has 1 aromatic heterocycles. The van der Waals surface area contributed by atoms with Gasteiger partial charge in [-0.05, 0) is 53.0 Å². The Morgan fingerprint density at radius 1 is 1.13 bits per heavy atom. The Labute approximate surface area is 190 Å². The number of nitrogens with one attached hydrogen (secondary N) is 3. The fourth-order valence-corrected chi connectivity index (χ4v) is 4.12. The minimum Gasteiger partial charge on any atom is -0.394 e. The van der Waals surface area contributed by atoms with E-state index in [1.807, 2.05) is 37.3 Å². The van der Waals surface area contributed by atoms with Crippen LogP contribution in [0.5, 0.6) is 0 Å². The van der Waals surface area contributed by atoms with Crippen molar-refractivity contribution in [3.63, 3.8) is 0 Å². The van der Waals surface area contributed by atoms with Gasteiger partial charge in [0.05, 0.1) is 16.0 Å². The number of benzene rings is 2. The smallest absolute Gasteiger partial charge is 0.240 e. The molecule has 0 saturated heterocycles. The maximum absolute atomic E-state index is 12.7. The van der Waals surface area contributed by atoms with Gasteiger partial charge in [-0.1, -0.05) is 36.4 Å². The predicted octanol–water partition coefficient (Wildman–Crippen LogP) is 3.30. The van der Waals surface area contributed by atoms with E-state index in [-0.39, 0.29) is 17.5 Å². The van der Waals surface area contributed by atoms with E-state index < -0.39 is 10.0 Å². The van der Waals surface area contributed by atoms with Crippen LogP contribution in [0.4, 0.5) is 17.5 Å². The number of sulfonamides is 1. The molecule has 0 spiro atoms. The first kappa shape index (κ1) is 23.1. The number of hydrogen-bond donors (Lipinski definition) is 4. The zero-order valence-corrected chi connectivity index (χ0v) is 19.3. The number of aromatic nitrogens is 2. The van der Waals surface area contributed by atoms with Crippen LogP contribution in [0.15, 0.2) is 70.2 Å². The van der Waals surface area contributed by atoms with Gasteiger partial charge in [-0.25, -0.2) is 18.1 Å². The first-order chi connectivity index (χ1) is 14.9. The predicted molar refractivity (Wildman–Crippen MR) is 125 cm³/mol. The molecule has 3 aromatic rings. The summed E-state index contributed by atoms with van der Waals surface area (Å²) in [6, 6.07) is 16.0. The second-order valence-electron chi connectivity index (χ2n) is 6.90. The quantitative estimate of drug-likeness (QED) is 0.334. The van der Waals surface area contributed by atoms with Gasteiger partial charge < -0.3 is 15.7 Å². The molecule has 1 heterocycles. The van der Waals surface area contributed by atoms with Crippen molar-refractivity contribution in [2.75, 3.05) is 23.8 Å². The van der Waals surface area contributed by atoms with Crippen molar-refractivity contribution in [2.24, 2.45) is 0 Å². The minimum atomic E-state index is -3.66. The second-order valence-corrected chi connectivity index (χ2v) is 9.53. The molecule has 0 amide bonds. The second kappa shape index (κ2) is 10.7. The summed E-state index contributed by atoms with van der Waals surface area (Å²) in [4.78, 5) is 8.73. The lowest BCUT2D eigenvalue weighted by atomic mass is 10.2. The van der Waals surface area contributed by atoms with Gasteiger partial charge in [0.2, 0.25) is 16.0 Å². The highest BCUT2D eigenvalue weighted by Gasteiger charge is 2.15. The number of aliphatic hydroxyl groups excluding tert-OH is 1. The monoisotopic (exact) mass is 505 g/mol. The van der Waals surface area contributed by atoms with Crippen molar-refractivity contribution in [2.45, 2.75) is 24.3 Å². The Bertz CT molecular complexity index is 1110. The number of halogens is 1. The highest BCUT2D eigenvalue weighted by atomic mass is 79.9. The minimum absolute atomic E-state index is 0.0453. The number of hydrogen-bond acceptors (Lipinski definition) is 7. The zero-order valence-electron chi connectivity index (χ0n) is 16.9. The van der Waals surface area contributed by atoms with E-state index in [9.17, 15) is 13.5 Å². The van der Waals surface area contributed by atoms with Gasteiger partial charge in [0.25, 0.3) is 0 Å². The van der Waals surface area contributed by atoms with Gasteiger partial charge >= 0.3 is 0 Å². The van der Waals surface area contributed by atoms with E-state index in [0.717, 1.165) is 5.56 Å². The van der Waals surface area contributed by atoms with Gasteiger partial charge in [0.15, 0.2) is 0 Å². The van der Waals surface area contributed by atoms with Crippen molar-refractivity contribution in [3.8, 4) is 0 Å². The largest absolute Gasteiger partial charge is 0.394 e. The zero-order chi connectivity index (χ0) is 22.3. The van der Waals surface area contributed by atoms with Crippen LogP contribution in [-0.2, 0) is 16.4 Å². The van der Waals surface area contributed by atoms with Crippen LogP contribution < -0.4 is 15.4 Å². The number of anilines is 3. The third-order valence-electron chi connectivity index (χ3n) is 4.35. The molecule has 10 heteroatoms. The Hall–Kier alpha value is -2.53. The average Bonchev–Trinajstić information content (AvgIpc) is 2.77. The molecule has 3 rings (SSSR count). The molecular weight excluding hydrogens is 482 g/mol. The van der Waals surface area contributed by atoms with E-state index >= 15 is 0 Å². The van der Waals surface area contributed by atoms with E-state index in [1.54, 1.807) is 18.3 Å². The van der Waals surface area contributed by atoms with Crippen molar-refractivity contribution in [1.82, 2.24) is 14.7 Å². The number of rotatable bonds is 10. The summed E-state index contributed by atoms with van der Waals surface area (Å²) in [5.74, 6) is 0.813. The first-order valence-electron chi connectivity index (χ1n) is 9.68. The van der Waals surface area contributed by atoms with Crippen LogP contribution in [-0.4, -0.2) is 42.7 Å². The maximum Gasteiger partial charge on any atom is 0.240 e. The van der Waals surface area contributed by atoms with Gasteiger partial charge in [-0.2, -0.15) is 4.98 Å². The first-order valence-corrected chi connectivity index (χ1v) is 12.0. The normalized spacial score (nSPS) is 12.4. The molecule has 8 nitrogen and oxygen atoms in total. The van der Waals surface area contributed by atoms with Crippen LogP contribution in [0.3, 0.4) is 0 Å². The van der Waals surface area contributed by atoms with Gasteiger partial charge in [0.1, 0.15) is 5.82 Å². The Kier molecular flexibility index (Phi) is 7.97. The summed E-state index contributed by atoms with van der Waals surface area (Å²) < 4.78 is 28.6. The van der Waals surface area contributed by atoms with Crippen LogP contribution >= 0.6 is 15.9 Å². The molecule has 4 N–H and O–H groups in total. The molecule has 0 radical (unpaired) electrons. The van der Waals surface area contributed by atoms with E-state index in [0.29, 0.717) is 34.9 Å². The molecule has 2 aromatic carbocycles. The molecule has 0 saturated carbocycles. The number of nitrogens with zero attached hydrogens (tertiary/aromatic N) is 2. The molecule has 31 heavy (non-hydrogen) atoms. The summed E-state index contributed by atoms with van der Waals surface area (Å²) in [6.45, 7) is 2.08. The van der Waals surface area contributed by atoms with E-state index in [2.05, 4.69) is 41.3 Å². The Balaban J connectivity index is 1.69. The van der Waals surface area contributed by atoms with Crippen LogP contribution in [0.1, 0.15) is 12.5 Å². The average molecular weight is 506 g/mol. The fourth-order valence-electron chi connectivity index (χ4n) is 2.74. The molecule has 164 valence electrons. The van der Waals surface area contributed by atoms with Crippen LogP contribution in [0.2, 0.25) is 0 Å². The highest BCUT2D eigenvalue weighted by molar-refractivity contribution is 9.10. The molecular formula is C21H24BrN5O3S. The molecule has 0 bridgehead atoms. The number of aliphatic hydroxyl groups is 1. The summed E-state index contributed by atoms with van der Waals surface area (Å²) in [5, 5.41) is 15.3. The molecule has 0 fully saturated rings. The third-order valence-corrected chi connectivity index (χ3v) is 6.39. The third kappa shape index (κ3) is 6.73. The van der Waals surface area contributed by atoms with Crippen molar-refractivity contribution < 1.29 is 13.5 Å². The lowest BCUT2D eigenvalue weighted by molar-refractivity contribution is 0.281. The summed E-state index contributed by atoms with van der Waals surface area (Å²) in [6.07, 6.45) is 2.18. The lowest BCUT2D eigenvalue weighted by Gasteiger charge is -2.14. The van der Waals surface area contributed by atoms with E-state index in [1.165, 1.54) is 12.1 Å². The van der Waals surface area contributed by atoms with Gasteiger partial charge in [0, 0.05) is 24.5 Å². The molecule has 1 atom stereocenters. The topological polar surface area (TPSA) is 116 Å². The van der Waals surface area contributed by atoms with Gasteiger partial charge in [-0.15, -0.1) is 0 Å². The molecule has 0 aliphatic rings. The molecule has 0 aliphatic carbocycles. The van der Waals surface area contributed by atoms with E-state index in [4.69, 9.17) is 0 Å². The van der Waals surface area contributed by atoms with Gasteiger partial charge in [-0.3, -0.25) is 0 Å². The fraction of sp³-hybridized carbons (Fsp3) is 0.238. The van der Waals surface area contributed by atoms with Crippen molar-refractivity contribution in [3.05, 3.63) is 70.8 Å². The van der Waals surface area contributed by atoms with Crippen LogP contribution in [0.25, 0.3) is 0 Å². The summed E-state index contributed by atoms with van der Waals surface area (Å²) in [7, 11) is -3.66. The standard InChI is InChI=1S/C21H24BrN5O3S/c1-15(14-28)25-20-19(22)13-23-21(27-20)26-17-8-5-9-18(12-17)31(29,30)24-11-10-16-6-3-2-4-7-16/h2-9,12-13,15,24,28H,10-11,14H2,1H3,(H2,23,25,26,27)/t15-/m1/s1. The molecule has 0 aliphatic heterocycles. The summed E-state index contributed by atoms with van der Waals surface area (Å²) in [5.41, 5.74) is 1.60. The summed E-state index contributed by atoms with van der Waals surface area (Å²) >= 11 is 3.37. The molecule has 0 unspecified atom stereocenters.